The smallest absolute Gasteiger partial charge is 0.123 e. The average molecular weight is 274 g/mol. The van der Waals surface area contributed by atoms with Crippen LogP contribution in [-0.4, -0.2) is 18.0 Å². The minimum absolute atomic E-state index is 0.108. The molecule has 1 saturated carbocycles. The van der Waals surface area contributed by atoms with Crippen LogP contribution in [0, 0.1) is 29.0 Å². The third-order valence-corrected chi connectivity index (χ3v) is 4.56. The number of nitrogens with zero attached hydrogens (tertiary/aromatic N) is 2. The van der Waals surface area contributed by atoms with E-state index in [1.165, 1.54) is 18.9 Å². The van der Waals surface area contributed by atoms with E-state index in [2.05, 4.69) is 24.9 Å². The fourth-order valence-electron chi connectivity index (χ4n) is 3.28. The van der Waals surface area contributed by atoms with Crippen molar-refractivity contribution < 1.29 is 4.39 Å². The molecule has 0 N–H and O–H groups in total. The highest BCUT2D eigenvalue weighted by molar-refractivity contribution is 5.16. The van der Waals surface area contributed by atoms with E-state index in [1.807, 2.05) is 6.07 Å². The van der Waals surface area contributed by atoms with E-state index in [0.29, 0.717) is 12.6 Å². The number of halogens is 1. The van der Waals surface area contributed by atoms with Gasteiger partial charge >= 0.3 is 0 Å². The van der Waals surface area contributed by atoms with Gasteiger partial charge in [0.05, 0.1) is 12.0 Å². The second-order valence-corrected chi connectivity index (χ2v) is 5.94. The van der Waals surface area contributed by atoms with Crippen LogP contribution >= 0.6 is 0 Å². The molecule has 1 aliphatic rings. The largest absolute Gasteiger partial charge is 0.298 e. The monoisotopic (exact) mass is 274 g/mol. The number of hydrogen-bond donors (Lipinski definition) is 0. The molecule has 2 rings (SSSR count). The summed E-state index contributed by atoms with van der Waals surface area (Å²) in [4.78, 5) is 2.23. The fourth-order valence-corrected chi connectivity index (χ4v) is 3.28. The van der Waals surface area contributed by atoms with Gasteiger partial charge in [0.2, 0.25) is 0 Å². The van der Waals surface area contributed by atoms with Crippen LogP contribution in [0.25, 0.3) is 0 Å². The first-order valence-corrected chi connectivity index (χ1v) is 7.48. The lowest BCUT2D eigenvalue weighted by molar-refractivity contribution is 0.118. The molecule has 20 heavy (non-hydrogen) atoms. The predicted molar refractivity (Wildman–Crippen MR) is 78.4 cm³/mol. The topological polar surface area (TPSA) is 27.0 Å². The Kier molecular flexibility index (Phi) is 5.14. The summed E-state index contributed by atoms with van der Waals surface area (Å²) >= 11 is 0. The van der Waals surface area contributed by atoms with Gasteiger partial charge in [-0.2, -0.15) is 5.26 Å². The minimum Gasteiger partial charge on any atom is -0.298 e. The van der Waals surface area contributed by atoms with Crippen LogP contribution in [0.15, 0.2) is 24.3 Å². The lowest BCUT2D eigenvalue weighted by Crippen LogP contribution is -2.41. The van der Waals surface area contributed by atoms with Gasteiger partial charge in [-0.05, 0) is 49.9 Å². The number of hydrogen-bond acceptors (Lipinski definition) is 2. The van der Waals surface area contributed by atoms with Crippen LogP contribution in [0.3, 0.4) is 0 Å². The van der Waals surface area contributed by atoms with Crippen LogP contribution < -0.4 is 0 Å². The molecule has 0 spiro atoms. The van der Waals surface area contributed by atoms with Crippen molar-refractivity contribution >= 4 is 0 Å². The van der Waals surface area contributed by atoms with E-state index in [9.17, 15) is 9.65 Å². The van der Waals surface area contributed by atoms with Crippen molar-refractivity contribution in [3.05, 3.63) is 35.6 Å². The molecule has 2 nitrogen and oxygen atoms in total. The van der Waals surface area contributed by atoms with E-state index >= 15 is 0 Å². The Labute approximate surface area is 121 Å². The van der Waals surface area contributed by atoms with E-state index in [4.69, 9.17) is 0 Å². The predicted octanol–water partition coefficient (Wildman–Crippen LogP) is 3.98. The van der Waals surface area contributed by atoms with Gasteiger partial charge < -0.3 is 0 Å². The zero-order chi connectivity index (χ0) is 14.5. The van der Waals surface area contributed by atoms with Crippen LogP contribution in [-0.2, 0) is 6.54 Å². The second kappa shape index (κ2) is 6.85. The van der Waals surface area contributed by atoms with Gasteiger partial charge in [-0.25, -0.2) is 4.39 Å². The molecule has 3 heteroatoms. The Balaban J connectivity index is 2.05. The fraction of sp³-hybridized carbons (Fsp3) is 0.588. The summed E-state index contributed by atoms with van der Waals surface area (Å²) in [6, 6.07) is 9.49. The molecule has 0 aliphatic heterocycles. The minimum atomic E-state index is -0.192. The van der Waals surface area contributed by atoms with Crippen molar-refractivity contribution in [2.75, 3.05) is 7.05 Å². The van der Waals surface area contributed by atoms with E-state index in [-0.39, 0.29) is 11.7 Å². The maximum Gasteiger partial charge on any atom is 0.123 e. The lowest BCUT2D eigenvalue weighted by atomic mass is 9.77. The van der Waals surface area contributed by atoms with Crippen molar-refractivity contribution in [2.24, 2.45) is 11.8 Å². The highest BCUT2D eigenvalue weighted by atomic mass is 19.1. The molecule has 0 amide bonds. The molecular formula is C17H23FN2. The molecule has 1 aromatic carbocycles. The van der Waals surface area contributed by atoms with Gasteiger partial charge in [-0.3, -0.25) is 4.90 Å². The molecule has 0 aromatic heterocycles. The highest BCUT2D eigenvalue weighted by Crippen LogP contribution is 2.33. The van der Waals surface area contributed by atoms with Gasteiger partial charge in [-0.15, -0.1) is 0 Å². The van der Waals surface area contributed by atoms with Crippen molar-refractivity contribution in [1.29, 1.82) is 5.26 Å². The molecule has 0 saturated heterocycles. The van der Waals surface area contributed by atoms with Gasteiger partial charge in [0.15, 0.2) is 0 Å². The Bertz CT molecular complexity index is 480. The molecule has 1 fully saturated rings. The standard InChI is InChI=1S/C17H23FN2/c1-3-13-7-8-15(11-19)17(10-13)20(2)12-14-5-4-6-16(18)9-14/h4-6,9,13,15,17H,3,7-8,10,12H2,1-2H3. The maximum absolute atomic E-state index is 13.2. The average Bonchev–Trinajstić information content (AvgIpc) is 2.46. The molecule has 3 atom stereocenters. The third kappa shape index (κ3) is 3.58. The van der Waals surface area contributed by atoms with Gasteiger partial charge in [0.1, 0.15) is 5.82 Å². The molecule has 1 aliphatic carbocycles. The summed E-state index contributed by atoms with van der Waals surface area (Å²) in [7, 11) is 2.05. The summed E-state index contributed by atoms with van der Waals surface area (Å²) in [5.41, 5.74) is 0.975. The number of nitriles is 1. The van der Waals surface area contributed by atoms with E-state index < -0.39 is 0 Å². The van der Waals surface area contributed by atoms with Crippen molar-refractivity contribution in [1.82, 2.24) is 4.90 Å². The molecule has 1 aromatic rings. The lowest BCUT2D eigenvalue weighted by Gasteiger charge is -2.38. The SMILES string of the molecule is CCC1CCC(C#N)C(N(C)Cc2cccc(F)c2)C1. The van der Waals surface area contributed by atoms with Gasteiger partial charge in [0, 0.05) is 12.6 Å². The van der Waals surface area contributed by atoms with Crippen LogP contribution in [0.2, 0.25) is 0 Å². The van der Waals surface area contributed by atoms with E-state index in [0.717, 1.165) is 24.3 Å². The maximum atomic E-state index is 13.2. The first-order chi connectivity index (χ1) is 9.63. The Hall–Kier alpha value is -1.40. The zero-order valence-electron chi connectivity index (χ0n) is 12.3. The second-order valence-electron chi connectivity index (χ2n) is 5.94. The molecule has 0 heterocycles. The van der Waals surface area contributed by atoms with Gasteiger partial charge in [0.25, 0.3) is 0 Å². The molecule has 0 radical (unpaired) electrons. The Morgan fingerprint density at radius 1 is 1.40 bits per heavy atom. The zero-order valence-corrected chi connectivity index (χ0v) is 12.3. The Morgan fingerprint density at radius 3 is 2.85 bits per heavy atom. The summed E-state index contributed by atoms with van der Waals surface area (Å²) in [5.74, 6) is 0.638. The third-order valence-electron chi connectivity index (χ3n) is 4.56. The normalized spacial score (nSPS) is 26.4. The highest BCUT2D eigenvalue weighted by Gasteiger charge is 2.32. The molecule has 0 bridgehead atoms. The van der Waals surface area contributed by atoms with E-state index in [1.54, 1.807) is 12.1 Å². The first kappa shape index (κ1) is 15.0. The number of rotatable bonds is 4. The first-order valence-electron chi connectivity index (χ1n) is 7.48. The van der Waals surface area contributed by atoms with Crippen LogP contribution in [0.1, 0.15) is 38.2 Å². The Morgan fingerprint density at radius 2 is 2.20 bits per heavy atom. The van der Waals surface area contributed by atoms with Crippen molar-refractivity contribution in [3.8, 4) is 6.07 Å². The van der Waals surface area contributed by atoms with Crippen molar-refractivity contribution in [2.45, 2.75) is 45.2 Å². The van der Waals surface area contributed by atoms with Crippen LogP contribution in [0.4, 0.5) is 4.39 Å². The molecule has 108 valence electrons. The summed E-state index contributed by atoms with van der Waals surface area (Å²) in [5, 5.41) is 9.34. The molecular weight excluding hydrogens is 251 g/mol. The quantitative estimate of drug-likeness (QED) is 0.830. The summed E-state index contributed by atoms with van der Waals surface area (Å²) < 4.78 is 13.2. The summed E-state index contributed by atoms with van der Waals surface area (Å²) in [6.45, 7) is 2.93. The van der Waals surface area contributed by atoms with Gasteiger partial charge in [-0.1, -0.05) is 25.5 Å². The number of benzene rings is 1. The molecule has 3 unspecified atom stereocenters. The van der Waals surface area contributed by atoms with Crippen molar-refractivity contribution in [3.63, 3.8) is 0 Å². The van der Waals surface area contributed by atoms with Crippen LogP contribution in [0.5, 0.6) is 0 Å². The summed E-state index contributed by atoms with van der Waals surface area (Å²) in [6.07, 6.45) is 4.43.